The molecule has 0 aliphatic heterocycles. The Bertz CT molecular complexity index is 2950. The Morgan fingerprint density at radius 3 is 1.52 bits per heavy atom. The van der Waals surface area contributed by atoms with E-state index in [0.717, 1.165) is 94.8 Å². The van der Waals surface area contributed by atoms with E-state index in [1.807, 2.05) is 72.8 Å². The van der Waals surface area contributed by atoms with E-state index in [4.69, 9.17) is 19.9 Å². The van der Waals surface area contributed by atoms with Gasteiger partial charge in [-0.25, -0.2) is 19.9 Å². The molecule has 0 bridgehead atoms. The van der Waals surface area contributed by atoms with Crippen LogP contribution in [0.3, 0.4) is 0 Å². The molecule has 0 atom stereocenters. The van der Waals surface area contributed by atoms with Gasteiger partial charge >= 0.3 is 0 Å². The van der Waals surface area contributed by atoms with Crippen LogP contribution < -0.4 is 0 Å². The number of hydrogen-bond acceptors (Lipinski definition) is 5. The van der Waals surface area contributed by atoms with Crippen LogP contribution in [0.4, 0.5) is 0 Å². The largest absolute Gasteiger partial charge is 0.255 e. The highest BCUT2D eigenvalue weighted by atomic mass is 14.9. The van der Waals surface area contributed by atoms with E-state index in [2.05, 4.69) is 126 Å². The third-order valence-electron chi connectivity index (χ3n) is 10.1. The van der Waals surface area contributed by atoms with Crippen molar-refractivity contribution < 1.29 is 0 Å². The fraction of sp³-hybridized carbons (Fsp3) is 0. The third-order valence-corrected chi connectivity index (χ3v) is 10.1. The lowest BCUT2D eigenvalue weighted by Gasteiger charge is -2.14. The maximum absolute atomic E-state index is 5.39. The molecule has 0 saturated heterocycles. The predicted molar refractivity (Wildman–Crippen MR) is 228 cm³/mol. The Morgan fingerprint density at radius 2 is 0.839 bits per heavy atom. The van der Waals surface area contributed by atoms with Gasteiger partial charge in [0.15, 0.2) is 5.82 Å². The first-order valence-electron chi connectivity index (χ1n) is 18.7. The maximum Gasteiger partial charge on any atom is 0.160 e. The Morgan fingerprint density at radius 1 is 0.286 bits per heavy atom. The molecule has 5 nitrogen and oxygen atoms in total. The Kier molecular flexibility index (Phi) is 8.43. The number of hydrogen-bond donors (Lipinski definition) is 0. The van der Waals surface area contributed by atoms with Gasteiger partial charge in [-0.15, -0.1) is 0 Å². The van der Waals surface area contributed by atoms with Gasteiger partial charge in [0.05, 0.1) is 39.5 Å². The van der Waals surface area contributed by atoms with Crippen LogP contribution in [0.1, 0.15) is 0 Å². The average Bonchev–Trinajstić information content (AvgIpc) is 3.29. The van der Waals surface area contributed by atoms with Crippen molar-refractivity contribution in [1.29, 1.82) is 0 Å². The van der Waals surface area contributed by atoms with E-state index < -0.39 is 0 Å². The number of aromatic nitrogens is 5. The van der Waals surface area contributed by atoms with Crippen LogP contribution in [0.2, 0.25) is 0 Å². The Balaban J connectivity index is 1.10. The van der Waals surface area contributed by atoms with Crippen molar-refractivity contribution in [3.05, 3.63) is 200 Å². The SMILES string of the molecule is c1ccc(-c2ccc3ccc4c(-c5ccccc5)cc(-c5cccc(-c6cccc(-c7cc(-c8ccccn8)nc(-c8ccccc8)n7)c6)c5)nc4c3n2)cc1. The lowest BCUT2D eigenvalue weighted by Crippen LogP contribution is -1.97. The van der Waals surface area contributed by atoms with Crippen LogP contribution in [0.5, 0.6) is 0 Å². The average molecular weight is 716 g/mol. The zero-order valence-electron chi connectivity index (χ0n) is 30.3. The standard InChI is InChI=1S/C51H33N5/c1-4-14-34(15-5-1)43-32-46(54-50-42(43)27-25-36-26-28-44(53-49(36)50)35-16-6-2-7-17-35)40-22-12-20-38(30-40)39-21-13-23-41(31-39)47-33-48(45-24-10-11-29-52-45)56-51(55-47)37-18-8-3-9-19-37/h1-33H. The van der Waals surface area contributed by atoms with Crippen LogP contribution in [0.15, 0.2) is 200 Å². The minimum atomic E-state index is 0.658. The molecule has 0 saturated carbocycles. The summed E-state index contributed by atoms with van der Waals surface area (Å²) in [6, 6.07) is 66.8. The normalized spacial score (nSPS) is 11.2. The van der Waals surface area contributed by atoms with Gasteiger partial charge in [0, 0.05) is 39.2 Å². The van der Waals surface area contributed by atoms with Crippen LogP contribution in [-0.2, 0) is 0 Å². The van der Waals surface area contributed by atoms with Crippen LogP contribution in [-0.4, -0.2) is 24.9 Å². The molecule has 10 rings (SSSR count). The first-order valence-corrected chi connectivity index (χ1v) is 18.7. The number of rotatable bonds is 7. The number of fused-ring (bicyclic) bond motifs is 3. The van der Waals surface area contributed by atoms with Crippen molar-refractivity contribution in [2.75, 3.05) is 0 Å². The highest BCUT2D eigenvalue weighted by molar-refractivity contribution is 6.09. The summed E-state index contributed by atoms with van der Waals surface area (Å²) in [7, 11) is 0. The van der Waals surface area contributed by atoms with E-state index in [-0.39, 0.29) is 0 Å². The molecule has 0 radical (unpaired) electrons. The van der Waals surface area contributed by atoms with Crippen molar-refractivity contribution in [1.82, 2.24) is 24.9 Å². The minimum Gasteiger partial charge on any atom is -0.255 e. The smallest absolute Gasteiger partial charge is 0.160 e. The molecule has 0 fully saturated rings. The van der Waals surface area contributed by atoms with Gasteiger partial charge in [-0.1, -0.05) is 152 Å². The highest BCUT2D eigenvalue weighted by Crippen LogP contribution is 2.37. The molecule has 6 aromatic carbocycles. The monoisotopic (exact) mass is 715 g/mol. The van der Waals surface area contributed by atoms with Gasteiger partial charge in [-0.2, -0.15) is 0 Å². The summed E-state index contributed by atoms with van der Waals surface area (Å²) in [5.74, 6) is 0.658. The molecule has 0 N–H and O–H groups in total. The third kappa shape index (κ3) is 6.37. The van der Waals surface area contributed by atoms with Crippen molar-refractivity contribution in [2.24, 2.45) is 0 Å². The number of pyridine rings is 3. The van der Waals surface area contributed by atoms with Crippen LogP contribution >= 0.6 is 0 Å². The van der Waals surface area contributed by atoms with E-state index in [1.54, 1.807) is 6.20 Å². The fourth-order valence-corrected chi connectivity index (χ4v) is 7.32. The second kappa shape index (κ2) is 14.3. The first-order chi connectivity index (χ1) is 27.7. The van der Waals surface area contributed by atoms with Crippen molar-refractivity contribution in [3.8, 4) is 78.8 Å². The molecule has 0 aliphatic carbocycles. The van der Waals surface area contributed by atoms with Crippen molar-refractivity contribution in [2.45, 2.75) is 0 Å². The molecule has 56 heavy (non-hydrogen) atoms. The molecule has 4 aromatic heterocycles. The summed E-state index contributed by atoms with van der Waals surface area (Å²) in [4.78, 5) is 25.2. The zero-order valence-corrected chi connectivity index (χ0v) is 30.3. The van der Waals surface area contributed by atoms with E-state index >= 15 is 0 Å². The molecule has 0 aliphatic rings. The summed E-state index contributed by atoms with van der Waals surface area (Å²) in [6.45, 7) is 0. The van der Waals surface area contributed by atoms with E-state index in [9.17, 15) is 0 Å². The summed E-state index contributed by atoms with van der Waals surface area (Å²) in [6.07, 6.45) is 1.79. The van der Waals surface area contributed by atoms with Crippen LogP contribution in [0, 0.1) is 0 Å². The quantitative estimate of drug-likeness (QED) is 0.154. The molecule has 0 spiro atoms. The number of nitrogens with zero attached hydrogens (tertiary/aromatic N) is 5. The second-order valence-corrected chi connectivity index (χ2v) is 13.7. The van der Waals surface area contributed by atoms with Crippen molar-refractivity contribution in [3.63, 3.8) is 0 Å². The first kappa shape index (κ1) is 33.0. The summed E-state index contributed by atoms with van der Waals surface area (Å²) in [5.41, 5.74) is 14.4. The van der Waals surface area contributed by atoms with Gasteiger partial charge in [0.2, 0.25) is 0 Å². The molecule has 10 aromatic rings. The van der Waals surface area contributed by atoms with Gasteiger partial charge in [-0.3, -0.25) is 4.98 Å². The molecular weight excluding hydrogens is 683 g/mol. The van der Waals surface area contributed by atoms with Crippen molar-refractivity contribution >= 4 is 21.8 Å². The second-order valence-electron chi connectivity index (χ2n) is 13.7. The Hall–Kier alpha value is -7.63. The summed E-state index contributed by atoms with van der Waals surface area (Å²) < 4.78 is 0. The van der Waals surface area contributed by atoms with Gasteiger partial charge in [0.25, 0.3) is 0 Å². The van der Waals surface area contributed by atoms with Gasteiger partial charge < -0.3 is 0 Å². The Labute approximate surface area is 324 Å². The van der Waals surface area contributed by atoms with Crippen LogP contribution in [0.25, 0.3) is 101 Å². The molecule has 0 amide bonds. The number of benzene rings is 6. The topological polar surface area (TPSA) is 64.5 Å². The van der Waals surface area contributed by atoms with E-state index in [0.29, 0.717) is 5.82 Å². The molecule has 4 heterocycles. The lowest BCUT2D eigenvalue weighted by molar-refractivity contribution is 1.16. The van der Waals surface area contributed by atoms with E-state index in [1.165, 1.54) is 0 Å². The molecule has 0 unspecified atom stereocenters. The molecule has 5 heteroatoms. The summed E-state index contributed by atoms with van der Waals surface area (Å²) >= 11 is 0. The lowest BCUT2D eigenvalue weighted by atomic mass is 9.95. The predicted octanol–water partition coefficient (Wildman–Crippen LogP) is 12.6. The fourth-order valence-electron chi connectivity index (χ4n) is 7.32. The summed E-state index contributed by atoms with van der Waals surface area (Å²) in [5, 5.41) is 2.12. The maximum atomic E-state index is 5.39. The minimum absolute atomic E-state index is 0.658. The molecule has 262 valence electrons. The van der Waals surface area contributed by atoms with Gasteiger partial charge in [-0.05, 0) is 64.7 Å². The zero-order chi connectivity index (χ0) is 37.3. The molecular formula is C51H33N5. The highest BCUT2D eigenvalue weighted by Gasteiger charge is 2.16. The van der Waals surface area contributed by atoms with Gasteiger partial charge in [0.1, 0.15) is 0 Å².